The fourth-order valence-electron chi connectivity index (χ4n) is 3.53. The minimum atomic E-state index is -3.38. The topological polar surface area (TPSA) is 64.6 Å². The van der Waals surface area contributed by atoms with Gasteiger partial charge in [-0.15, -0.1) is 0 Å². The minimum absolute atomic E-state index is 0.000189. The van der Waals surface area contributed by atoms with Crippen LogP contribution in [-0.2, 0) is 22.2 Å². The maximum absolute atomic E-state index is 12.4. The van der Waals surface area contributed by atoms with Gasteiger partial charge in [0.2, 0.25) is 10.0 Å². The summed E-state index contributed by atoms with van der Waals surface area (Å²) in [6.45, 7) is 2.36. The summed E-state index contributed by atoms with van der Waals surface area (Å²) in [5.41, 5.74) is 4.20. The summed E-state index contributed by atoms with van der Waals surface area (Å²) < 4.78 is 38.4. The molecule has 2 aromatic carbocycles. The summed E-state index contributed by atoms with van der Waals surface area (Å²) in [5.74, 6) is 1.55. The molecule has 6 heteroatoms. The van der Waals surface area contributed by atoms with Gasteiger partial charge in [0, 0.05) is 6.54 Å². The molecule has 0 saturated heterocycles. The van der Waals surface area contributed by atoms with Crippen molar-refractivity contribution in [2.24, 2.45) is 0 Å². The molecule has 0 aromatic heterocycles. The standard InChI is InChI=1S/C20H25NO4S/c1-14-5-4-6-15(9-14)13-26(22,23)21-12-17-8-7-16-10-19(24-2)20(25-3)11-18(16)17/h4-6,9-11,17,21H,7-8,12-13H2,1-3H3. The van der Waals surface area contributed by atoms with Crippen molar-refractivity contribution in [3.8, 4) is 11.5 Å². The molecule has 0 spiro atoms. The summed E-state index contributed by atoms with van der Waals surface area (Å²) >= 11 is 0. The third kappa shape index (κ3) is 4.19. The number of nitrogens with one attached hydrogen (secondary N) is 1. The molecule has 0 fully saturated rings. The number of hydrogen-bond donors (Lipinski definition) is 1. The lowest BCUT2D eigenvalue weighted by Crippen LogP contribution is -2.29. The summed E-state index contributed by atoms with van der Waals surface area (Å²) in [4.78, 5) is 0. The van der Waals surface area contributed by atoms with Crippen molar-refractivity contribution >= 4 is 10.0 Å². The van der Waals surface area contributed by atoms with Crippen LogP contribution in [0, 0.1) is 6.92 Å². The molecule has 0 saturated carbocycles. The molecule has 1 aliphatic rings. The Bertz CT molecular complexity index is 893. The van der Waals surface area contributed by atoms with Gasteiger partial charge in [-0.25, -0.2) is 13.1 Å². The highest BCUT2D eigenvalue weighted by molar-refractivity contribution is 7.88. The van der Waals surface area contributed by atoms with E-state index in [1.54, 1.807) is 14.2 Å². The van der Waals surface area contributed by atoms with Gasteiger partial charge in [0.05, 0.1) is 20.0 Å². The normalized spacial score (nSPS) is 16.3. The molecule has 5 nitrogen and oxygen atoms in total. The van der Waals surface area contributed by atoms with Gasteiger partial charge in [0.25, 0.3) is 0 Å². The molecule has 140 valence electrons. The predicted molar refractivity (Wildman–Crippen MR) is 102 cm³/mol. The number of methoxy groups -OCH3 is 2. The van der Waals surface area contributed by atoms with Crippen molar-refractivity contribution in [1.29, 1.82) is 0 Å². The van der Waals surface area contributed by atoms with Crippen LogP contribution in [-0.4, -0.2) is 29.2 Å². The zero-order chi connectivity index (χ0) is 18.7. The van der Waals surface area contributed by atoms with Crippen molar-refractivity contribution in [2.45, 2.75) is 31.4 Å². The second kappa shape index (κ2) is 7.68. The molecule has 3 rings (SSSR count). The van der Waals surface area contributed by atoms with Crippen LogP contribution in [0.25, 0.3) is 0 Å². The van der Waals surface area contributed by atoms with E-state index in [0.717, 1.165) is 29.5 Å². The molecule has 2 aromatic rings. The molecular weight excluding hydrogens is 350 g/mol. The third-order valence-electron chi connectivity index (χ3n) is 4.84. The van der Waals surface area contributed by atoms with Crippen LogP contribution in [0.2, 0.25) is 0 Å². The molecule has 1 aliphatic carbocycles. The lowest BCUT2D eigenvalue weighted by Gasteiger charge is -2.15. The van der Waals surface area contributed by atoms with E-state index in [1.807, 2.05) is 43.3 Å². The van der Waals surface area contributed by atoms with Gasteiger partial charge in [-0.1, -0.05) is 29.8 Å². The first-order valence-electron chi connectivity index (χ1n) is 8.69. The van der Waals surface area contributed by atoms with Crippen molar-refractivity contribution < 1.29 is 17.9 Å². The van der Waals surface area contributed by atoms with Crippen molar-refractivity contribution in [3.05, 3.63) is 58.7 Å². The number of ether oxygens (including phenoxy) is 2. The van der Waals surface area contributed by atoms with Crippen molar-refractivity contribution in [2.75, 3.05) is 20.8 Å². The number of fused-ring (bicyclic) bond motifs is 1. The van der Waals surface area contributed by atoms with Crippen LogP contribution < -0.4 is 14.2 Å². The van der Waals surface area contributed by atoms with Crippen LogP contribution in [0.3, 0.4) is 0 Å². The van der Waals surface area contributed by atoms with Gasteiger partial charge in [0.15, 0.2) is 11.5 Å². The monoisotopic (exact) mass is 375 g/mol. The maximum Gasteiger partial charge on any atom is 0.215 e. The Morgan fingerprint density at radius 1 is 1.12 bits per heavy atom. The lowest BCUT2D eigenvalue weighted by atomic mass is 10.0. The van der Waals surface area contributed by atoms with E-state index in [2.05, 4.69) is 4.72 Å². The Kier molecular flexibility index (Phi) is 5.53. The SMILES string of the molecule is COc1cc2c(cc1OC)C(CNS(=O)(=O)Cc1cccc(C)c1)CC2. The number of benzene rings is 2. The molecule has 26 heavy (non-hydrogen) atoms. The van der Waals surface area contributed by atoms with E-state index in [0.29, 0.717) is 18.0 Å². The number of hydrogen-bond acceptors (Lipinski definition) is 4. The Morgan fingerprint density at radius 3 is 2.54 bits per heavy atom. The van der Waals surface area contributed by atoms with Gasteiger partial charge in [-0.05, 0) is 54.5 Å². The highest BCUT2D eigenvalue weighted by Gasteiger charge is 2.26. The molecule has 0 aliphatic heterocycles. The van der Waals surface area contributed by atoms with E-state index in [4.69, 9.17) is 9.47 Å². The number of sulfonamides is 1. The van der Waals surface area contributed by atoms with Crippen molar-refractivity contribution in [1.82, 2.24) is 4.72 Å². The van der Waals surface area contributed by atoms with Gasteiger partial charge < -0.3 is 9.47 Å². The van der Waals surface area contributed by atoms with Gasteiger partial charge >= 0.3 is 0 Å². The van der Waals surface area contributed by atoms with Gasteiger partial charge in [0.1, 0.15) is 0 Å². The second-order valence-electron chi connectivity index (χ2n) is 6.74. The number of rotatable bonds is 7. The first-order chi connectivity index (χ1) is 12.4. The highest BCUT2D eigenvalue weighted by Crippen LogP contribution is 2.40. The number of aryl methyl sites for hydroxylation is 2. The molecule has 1 unspecified atom stereocenters. The molecular formula is C20H25NO4S. The fraction of sp³-hybridized carbons (Fsp3) is 0.400. The Balaban J connectivity index is 1.70. The van der Waals surface area contributed by atoms with E-state index < -0.39 is 10.0 Å². The van der Waals surface area contributed by atoms with E-state index in [9.17, 15) is 8.42 Å². The fourth-order valence-corrected chi connectivity index (χ4v) is 4.71. The van der Waals surface area contributed by atoms with Crippen LogP contribution in [0.5, 0.6) is 11.5 Å². The van der Waals surface area contributed by atoms with Crippen LogP contribution in [0.15, 0.2) is 36.4 Å². The summed E-state index contributed by atoms with van der Waals surface area (Å²) in [5, 5.41) is 0. The minimum Gasteiger partial charge on any atom is -0.493 e. The molecule has 0 bridgehead atoms. The quantitative estimate of drug-likeness (QED) is 0.807. The maximum atomic E-state index is 12.4. The van der Waals surface area contributed by atoms with Crippen LogP contribution in [0.4, 0.5) is 0 Å². The average Bonchev–Trinajstić information content (AvgIpc) is 3.00. The average molecular weight is 375 g/mol. The van der Waals surface area contributed by atoms with Crippen LogP contribution in [0.1, 0.15) is 34.6 Å². The van der Waals surface area contributed by atoms with Gasteiger partial charge in [-0.3, -0.25) is 0 Å². The van der Waals surface area contributed by atoms with E-state index in [-0.39, 0.29) is 11.7 Å². The predicted octanol–water partition coefficient (Wildman–Crippen LogP) is 3.16. The molecule has 0 heterocycles. The molecule has 0 radical (unpaired) electrons. The Morgan fingerprint density at radius 2 is 1.85 bits per heavy atom. The van der Waals surface area contributed by atoms with E-state index in [1.165, 1.54) is 5.56 Å². The Hall–Kier alpha value is -2.05. The zero-order valence-electron chi connectivity index (χ0n) is 15.4. The van der Waals surface area contributed by atoms with Crippen LogP contribution >= 0.6 is 0 Å². The van der Waals surface area contributed by atoms with Gasteiger partial charge in [-0.2, -0.15) is 0 Å². The lowest BCUT2D eigenvalue weighted by molar-refractivity contribution is 0.354. The summed E-state index contributed by atoms with van der Waals surface area (Å²) in [7, 11) is -0.145. The largest absolute Gasteiger partial charge is 0.493 e. The highest BCUT2D eigenvalue weighted by atomic mass is 32.2. The smallest absolute Gasteiger partial charge is 0.215 e. The third-order valence-corrected chi connectivity index (χ3v) is 6.16. The first kappa shape index (κ1) is 18.7. The van der Waals surface area contributed by atoms with E-state index >= 15 is 0 Å². The Labute approximate surface area is 155 Å². The molecule has 1 N–H and O–H groups in total. The first-order valence-corrected chi connectivity index (χ1v) is 10.3. The molecule has 1 atom stereocenters. The van der Waals surface area contributed by atoms with Crippen molar-refractivity contribution in [3.63, 3.8) is 0 Å². The zero-order valence-corrected chi connectivity index (χ0v) is 16.2. The second-order valence-corrected chi connectivity index (χ2v) is 8.55. The summed E-state index contributed by atoms with van der Waals surface area (Å²) in [6.07, 6.45) is 1.83. The molecule has 0 amide bonds. The summed E-state index contributed by atoms with van der Waals surface area (Å²) in [6, 6.07) is 11.6.